The van der Waals surface area contributed by atoms with Crippen LogP contribution in [0.25, 0.3) is 0 Å². The summed E-state index contributed by atoms with van der Waals surface area (Å²) in [5.74, 6) is -3.87. The van der Waals surface area contributed by atoms with E-state index in [0.717, 1.165) is 0 Å². The van der Waals surface area contributed by atoms with Crippen LogP contribution in [0.1, 0.15) is 22.8 Å². The van der Waals surface area contributed by atoms with Gasteiger partial charge in [0.1, 0.15) is 11.3 Å². The largest absolute Gasteiger partial charge is 0.507 e. The van der Waals surface area contributed by atoms with E-state index in [4.69, 9.17) is 15.3 Å². The van der Waals surface area contributed by atoms with Crippen LogP contribution in [0.15, 0.2) is 12.1 Å². The summed E-state index contributed by atoms with van der Waals surface area (Å²) in [6.07, 6.45) is -14.0. The van der Waals surface area contributed by atoms with Crippen LogP contribution < -0.4 is 0 Å². The molecular formula is C10H6F6O4. The number of halogens is 6. The predicted octanol–water partition coefficient (Wildman–Crippen LogP) is 2.55. The number of hydrogen-bond acceptors (Lipinski definition) is 3. The Morgan fingerprint density at radius 1 is 1.00 bits per heavy atom. The van der Waals surface area contributed by atoms with E-state index in [1.165, 1.54) is 0 Å². The second-order valence-electron chi connectivity index (χ2n) is 3.66. The third kappa shape index (κ3) is 2.95. The lowest BCUT2D eigenvalue weighted by molar-refractivity contribution is -0.165. The first-order valence-corrected chi connectivity index (χ1v) is 4.78. The molecule has 0 radical (unpaired) electrons. The van der Waals surface area contributed by atoms with Crippen molar-refractivity contribution >= 4 is 5.97 Å². The second-order valence-corrected chi connectivity index (χ2v) is 3.66. The fourth-order valence-corrected chi connectivity index (χ4v) is 1.56. The van der Waals surface area contributed by atoms with Crippen LogP contribution in [-0.4, -0.2) is 21.3 Å². The molecule has 0 bridgehead atoms. The molecule has 0 spiro atoms. The van der Waals surface area contributed by atoms with E-state index in [1.54, 1.807) is 0 Å². The van der Waals surface area contributed by atoms with Gasteiger partial charge in [0.2, 0.25) is 0 Å². The average Bonchev–Trinajstić information content (AvgIpc) is 2.24. The van der Waals surface area contributed by atoms with E-state index >= 15 is 0 Å². The summed E-state index contributed by atoms with van der Waals surface area (Å²) in [5, 5.41) is 26.5. The molecule has 112 valence electrons. The van der Waals surface area contributed by atoms with Crippen LogP contribution in [0.5, 0.6) is 5.75 Å². The van der Waals surface area contributed by atoms with Gasteiger partial charge in [-0.1, -0.05) is 6.07 Å². The Hall–Kier alpha value is -1.97. The Morgan fingerprint density at radius 3 is 1.80 bits per heavy atom. The third-order valence-electron chi connectivity index (χ3n) is 2.31. The normalized spacial score (nSPS) is 14.2. The topological polar surface area (TPSA) is 77.8 Å². The average molecular weight is 304 g/mol. The number of hydrogen-bond donors (Lipinski definition) is 3. The Bertz CT molecular complexity index is 534. The minimum absolute atomic E-state index is 0.236. The zero-order valence-electron chi connectivity index (χ0n) is 9.25. The SMILES string of the molecule is O=C(O)C(O)c1ccc(O)c(C(F)(F)F)c1C(F)(F)F. The number of carboxylic acid groups (broad SMARTS) is 1. The van der Waals surface area contributed by atoms with Crippen LogP contribution in [0.3, 0.4) is 0 Å². The zero-order chi connectivity index (χ0) is 15.9. The van der Waals surface area contributed by atoms with Gasteiger partial charge in [0.15, 0.2) is 6.10 Å². The van der Waals surface area contributed by atoms with Crippen LogP contribution >= 0.6 is 0 Å². The number of phenolic OH excluding ortho intramolecular Hbond substituents is 1. The van der Waals surface area contributed by atoms with Gasteiger partial charge in [-0.2, -0.15) is 26.3 Å². The van der Waals surface area contributed by atoms with Crippen molar-refractivity contribution in [2.75, 3.05) is 0 Å². The summed E-state index contributed by atoms with van der Waals surface area (Å²) >= 11 is 0. The number of rotatable bonds is 2. The Kier molecular flexibility index (Phi) is 3.90. The maximum atomic E-state index is 12.7. The van der Waals surface area contributed by atoms with Crippen molar-refractivity contribution in [1.82, 2.24) is 0 Å². The summed E-state index contributed by atoms with van der Waals surface area (Å²) < 4.78 is 76.0. The van der Waals surface area contributed by atoms with Gasteiger partial charge in [-0.25, -0.2) is 4.79 Å². The van der Waals surface area contributed by atoms with Crippen LogP contribution in [-0.2, 0) is 17.1 Å². The molecule has 1 aromatic carbocycles. The van der Waals surface area contributed by atoms with E-state index in [9.17, 15) is 31.1 Å². The highest BCUT2D eigenvalue weighted by Crippen LogP contribution is 2.47. The molecule has 20 heavy (non-hydrogen) atoms. The van der Waals surface area contributed by atoms with E-state index < -0.39 is 46.9 Å². The Morgan fingerprint density at radius 2 is 1.45 bits per heavy atom. The number of benzene rings is 1. The summed E-state index contributed by atoms with van der Waals surface area (Å²) in [5.41, 5.74) is -6.38. The maximum Gasteiger partial charge on any atom is 0.420 e. The summed E-state index contributed by atoms with van der Waals surface area (Å²) in [7, 11) is 0. The number of carboxylic acids is 1. The van der Waals surface area contributed by atoms with Crippen LogP contribution in [0.2, 0.25) is 0 Å². The quantitative estimate of drug-likeness (QED) is 0.734. The van der Waals surface area contributed by atoms with Crippen molar-refractivity contribution in [2.45, 2.75) is 18.5 Å². The number of aromatic hydroxyl groups is 1. The number of aliphatic carboxylic acids is 1. The fraction of sp³-hybridized carbons (Fsp3) is 0.300. The van der Waals surface area contributed by atoms with Crippen molar-refractivity contribution in [3.63, 3.8) is 0 Å². The molecule has 0 fully saturated rings. The Labute approximate surface area is 106 Å². The molecule has 3 N–H and O–H groups in total. The molecule has 0 saturated carbocycles. The van der Waals surface area contributed by atoms with Crippen LogP contribution in [0, 0.1) is 0 Å². The minimum Gasteiger partial charge on any atom is -0.507 e. The molecule has 1 unspecified atom stereocenters. The van der Waals surface area contributed by atoms with Gasteiger partial charge in [-0.15, -0.1) is 0 Å². The second kappa shape index (κ2) is 4.85. The molecule has 1 aromatic rings. The molecule has 1 rings (SSSR count). The van der Waals surface area contributed by atoms with Crippen molar-refractivity contribution in [3.05, 3.63) is 28.8 Å². The van der Waals surface area contributed by atoms with Gasteiger partial charge in [0, 0.05) is 5.56 Å². The molecule has 10 heteroatoms. The molecular weight excluding hydrogens is 298 g/mol. The monoisotopic (exact) mass is 304 g/mol. The van der Waals surface area contributed by atoms with Gasteiger partial charge in [-0.05, 0) is 6.07 Å². The number of aliphatic hydroxyl groups excluding tert-OH is 1. The molecule has 0 heterocycles. The maximum absolute atomic E-state index is 12.7. The van der Waals surface area contributed by atoms with Gasteiger partial charge in [0.25, 0.3) is 0 Å². The van der Waals surface area contributed by atoms with Gasteiger partial charge >= 0.3 is 18.3 Å². The smallest absolute Gasteiger partial charge is 0.420 e. The lowest BCUT2D eigenvalue weighted by Gasteiger charge is -2.21. The van der Waals surface area contributed by atoms with E-state index in [-0.39, 0.29) is 12.1 Å². The number of aliphatic hydroxyl groups is 1. The zero-order valence-corrected chi connectivity index (χ0v) is 9.25. The van der Waals surface area contributed by atoms with Crippen molar-refractivity contribution in [3.8, 4) is 5.75 Å². The molecule has 1 atom stereocenters. The van der Waals surface area contributed by atoms with Crippen LogP contribution in [0.4, 0.5) is 26.3 Å². The third-order valence-corrected chi connectivity index (χ3v) is 2.31. The molecule has 0 amide bonds. The van der Waals surface area contributed by atoms with E-state index in [2.05, 4.69) is 0 Å². The van der Waals surface area contributed by atoms with E-state index in [0.29, 0.717) is 0 Å². The van der Waals surface area contributed by atoms with E-state index in [1.807, 2.05) is 0 Å². The van der Waals surface area contributed by atoms with Crippen molar-refractivity contribution in [2.24, 2.45) is 0 Å². The van der Waals surface area contributed by atoms with Gasteiger partial charge < -0.3 is 15.3 Å². The standard InChI is InChI=1S/C10H6F6O4/c11-9(12,13)5-3(7(18)8(19)20)1-2-4(17)6(5)10(14,15)16/h1-2,7,17-18H,(H,19,20). The highest BCUT2D eigenvalue weighted by molar-refractivity contribution is 5.75. The minimum atomic E-state index is -5.62. The van der Waals surface area contributed by atoms with Gasteiger partial charge in [0.05, 0.1) is 5.56 Å². The Balaban J connectivity index is 3.77. The molecule has 0 saturated heterocycles. The highest BCUT2D eigenvalue weighted by Gasteiger charge is 2.48. The number of carbonyl (C=O) groups is 1. The predicted molar refractivity (Wildman–Crippen MR) is 50.7 cm³/mol. The van der Waals surface area contributed by atoms with Crippen molar-refractivity contribution < 1.29 is 46.5 Å². The van der Waals surface area contributed by atoms with Gasteiger partial charge in [-0.3, -0.25) is 0 Å². The fourth-order valence-electron chi connectivity index (χ4n) is 1.56. The highest BCUT2D eigenvalue weighted by atomic mass is 19.4. The molecule has 0 aliphatic heterocycles. The molecule has 0 aliphatic carbocycles. The van der Waals surface area contributed by atoms with Crippen molar-refractivity contribution in [1.29, 1.82) is 0 Å². The lowest BCUT2D eigenvalue weighted by atomic mass is 9.95. The summed E-state index contributed by atoms with van der Waals surface area (Å²) in [4.78, 5) is 10.5. The number of alkyl halides is 6. The molecule has 0 aliphatic rings. The molecule has 0 aromatic heterocycles. The first-order valence-electron chi connectivity index (χ1n) is 4.78. The first-order chi connectivity index (χ1) is 8.87. The molecule has 4 nitrogen and oxygen atoms in total. The first kappa shape index (κ1) is 16.1. The summed E-state index contributed by atoms with van der Waals surface area (Å²) in [6.45, 7) is 0. The summed E-state index contributed by atoms with van der Waals surface area (Å²) in [6, 6.07) is 0.506. The lowest BCUT2D eigenvalue weighted by Crippen LogP contribution is -2.23. The number of phenols is 1.